The molecule has 6 unspecified atom stereocenters. The van der Waals surface area contributed by atoms with Crippen LogP contribution in [0.4, 0.5) is 0 Å². The highest BCUT2D eigenvalue weighted by Gasteiger charge is 2.48. The van der Waals surface area contributed by atoms with Crippen molar-refractivity contribution in [1.29, 1.82) is 0 Å². The van der Waals surface area contributed by atoms with Crippen LogP contribution >= 0.6 is 0 Å². The number of aliphatic hydroxyl groups excluding tert-OH is 2. The van der Waals surface area contributed by atoms with E-state index in [9.17, 15) is 24.6 Å². The topological polar surface area (TPSA) is 203 Å². The van der Waals surface area contributed by atoms with Crippen molar-refractivity contribution in [3.63, 3.8) is 0 Å². The molecule has 2 fully saturated rings. The molecule has 2 aliphatic heterocycles. The van der Waals surface area contributed by atoms with Crippen molar-refractivity contribution in [2.24, 2.45) is 10.7 Å². The molecule has 0 bridgehead atoms. The van der Waals surface area contributed by atoms with Crippen LogP contribution in [0.3, 0.4) is 0 Å². The third kappa shape index (κ3) is 11.7. The molecule has 2 rings (SSSR count). The maximum atomic E-state index is 13.0. The van der Waals surface area contributed by atoms with E-state index in [0.29, 0.717) is 58.1 Å². The van der Waals surface area contributed by atoms with Gasteiger partial charge in [-0.05, 0) is 39.9 Å². The van der Waals surface area contributed by atoms with E-state index in [1.54, 1.807) is 24.9 Å². The van der Waals surface area contributed by atoms with Crippen molar-refractivity contribution in [3.8, 4) is 0 Å². The molecule has 2 heterocycles. The molecular formula is C25H48N8O6. The molecule has 0 radical (unpaired) electrons. The van der Waals surface area contributed by atoms with Crippen molar-refractivity contribution in [2.75, 3.05) is 59.9 Å². The summed E-state index contributed by atoms with van der Waals surface area (Å²) in [5.41, 5.74) is 5.63. The van der Waals surface area contributed by atoms with Gasteiger partial charge in [0, 0.05) is 53.2 Å². The van der Waals surface area contributed by atoms with E-state index in [1.165, 1.54) is 6.92 Å². The van der Waals surface area contributed by atoms with Gasteiger partial charge in [0.15, 0.2) is 6.10 Å². The summed E-state index contributed by atoms with van der Waals surface area (Å²) in [6, 6.07) is -1.63. The van der Waals surface area contributed by atoms with E-state index in [2.05, 4.69) is 31.6 Å². The number of allylic oxidation sites excluding steroid dienone is 1. The number of aliphatic hydroxyl groups is 2. The van der Waals surface area contributed by atoms with Gasteiger partial charge in [-0.25, -0.2) is 0 Å². The van der Waals surface area contributed by atoms with Crippen LogP contribution in [0.1, 0.15) is 27.2 Å². The maximum Gasteiger partial charge on any atom is 0.254 e. The summed E-state index contributed by atoms with van der Waals surface area (Å²) in [4.78, 5) is 41.8. The fourth-order valence-electron chi connectivity index (χ4n) is 4.14. The predicted octanol–water partition coefficient (Wildman–Crippen LogP) is -3.33. The summed E-state index contributed by atoms with van der Waals surface area (Å²) in [7, 11) is 3.44. The number of nitrogens with zero attached hydrogens (tertiary/aromatic N) is 2. The smallest absolute Gasteiger partial charge is 0.254 e. The van der Waals surface area contributed by atoms with Crippen LogP contribution in [0.25, 0.3) is 0 Å². The average molecular weight is 557 g/mol. The largest absolute Gasteiger partial charge is 0.388 e. The number of hydrogen-bond donors (Lipinski definition) is 8. The minimum Gasteiger partial charge on any atom is -0.388 e. The Morgan fingerprint density at radius 2 is 1.87 bits per heavy atom. The molecule has 14 nitrogen and oxygen atoms in total. The SMILES string of the molecule is C/C=C\C(=NC)NC(C)=O.CNCCNC(CCN)C(=O)NC1C(C(=O)N2CCNCC2)OC(C)C(O)C1O. The minimum atomic E-state index is -1.32. The van der Waals surface area contributed by atoms with E-state index in [4.69, 9.17) is 10.5 Å². The summed E-state index contributed by atoms with van der Waals surface area (Å²) in [5.74, 6) is -0.194. The van der Waals surface area contributed by atoms with Crippen molar-refractivity contribution < 1.29 is 29.3 Å². The van der Waals surface area contributed by atoms with Crippen LogP contribution in [-0.4, -0.2) is 135 Å². The lowest BCUT2D eigenvalue weighted by atomic mass is 9.91. The molecule has 39 heavy (non-hydrogen) atoms. The number of likely N-dealkylation sites (N-methyl/N-ethyl adjacent to an activating group) is 1. The molecule has 2 aliphatic rings. The summed E-state index contributed by atoms with van der Waals surface area (Å²) < 4.78 is 5.74. The number of carbonyl (C=O) groups excluding carboxylic acids is 3. The lowest BCUT2D eigenvalue weighted by Crippen LogP contribution is -2.68. The average Bonchev–Trinajstić information content (AvgIpc) is 2.92. The van der Waals surface area contributed by atoms with Crippen molar-refractivity contribution in [1.82, 2.24) is 31.5 Å². The van der Waals surface area contributed by atoms with Crippen LogP contribution in [0.15, 0.2) is 17.1 Å². The first-order valence-electron chi connectivity index (χ1n) is 13.4. The number of piperazine rings is 1. The van der Waals surface area contributed by atoms with Gasteiger partial charge >= 0.3 is 0 Å². The lowest BCUT2D eigenvalue weighted by molar-refractivity contribution is -0.193. The molecule has 0 aliphatic carbocycles. The number of ether oxygens (including phenoxy) is 1. The highest BCUT2D eigenvalue weighted by atomic mass is 16.5. The lowest BCUT2D eigenvalue weighted by Gasteiger charge is -2.43. The molecule has 6 atom stereocenters. The molecule has 0 aromatic heterocycles. The second-order valence-electron chi connectivity index (χ2n) is 9.33. The fraction of sp³-hybridized carbons (Fsp3) is 0.760. The monoisotopic (exact) mass is 556 g/mol. The summed E-state index contributed by atoms with van der Waals surface area (Å²) in [6.07, 6.45) is -0.383. The number of nitrogens with two attached hydrogens (primary N) is 1. The van der Waals surface area contributed by atoms with E-state index in [-0.39, 0.29) is 17.7 Å². The van der Waals surface area contributed by atoms with Gasteiger partial charge in [-0.15, -0.1) is 0 Å². The van der Waals surface area contributed by atoms with Gasteiger partial charge in [0.25, 0.3) is 5.91 Å². The molecule has 2 saturated heterocycles. The van der Waals surface area contributed by atoms with Gasteiger partial charge in [-0.2, -0.15) is 0 Å². The number of amides is 3. The van der Waals surface area contributed by atoms with Crippen LogP contribution in [0.2, 0.25) is 0 Å². The Hall–Kier alpha value is -2.46. The summed E-state index contributed by atoms with van der Waals surface area (Å²) in [6.45, 7) is 8.83. The number of nitrogens with one attached hydrogen (secondary N) is 5. The summed E-state index contributed by atoms with van der Waals surface area (Å²) in [5, 5.41) is 35.4. The zero-order chi connectivity index (χ0) is 29.4. The Balaban J connectivity index is 0.000000646. The number of hydrogen-bond acceptors (Lipinski definition) is 11. The van der Waals surface area contributed by atoms with Crippen LogP contribution in [0, 0.1) is 0 Å². The number of aliphatic imine (C=N–C) groups is 1. The first-order valence-corrected chi connectivity index (χ1v) is 13.4. The summed E-state index contributed by atoms with van der Waals surface area (Å²) >= 11 is 0. The number of rotatable bonds is 10. The van der Waals surface area contributed by atoms with Gasteiger partial charge in [0.2, 0.25) is 11.8 Å². The number of amidine groups is 1. The highest BCUT2D eigenvalue weighted by molar-refractivity contribution is 6.03. The van der Waals surface area contributed by atoms with E-state index in [1.807, 2.05) is 20.0 Å². The van der Waals surface area contributed by atoms with E-state index >= 15 is 0 Å². The molecule has 9 N–H and O–H groups in total. The fourth-order valence-corrected chi connectivity index (χ4v) is 4.14. The first kappa shape index (κ1) is 34.6. The molecule has 224 valence electrons. The molecule has 14 heteroatoms. The standard InChI is InChI=1S/C18H36N6O5.C7H12N2O/c1-11-14(25)15(26)13(16(29-11)18(28)24-9-7-21-8-10-24)23-17(27)12(3-4-19)22-6-5-20-2;1-4-5-7(8-3)9-6(2)10/h11-16,20-22,25-26H,3-10,19H2,1-2H3,(H,23,27);4-5H,1-3H3,(H,8,9,10)/b;5-4-. The van der Waals surface area contributed by atoms with Crippen LogP contribution in [0.5, 0.6) is 0 Å². The maximum absolute atomic E-state index is 13.0. The molecular weight excluding hydrogens is 508 g/mol. The van der Waals surface area contributed by atoms with Crippen molar-refractivity contribution >= 4 is 23.6 Å². The van der Waals surface area contributed by atoms with E-state index < -0.39 is 36.5 Å². The minimum absolute atomic E-state index is 0.0984. The first-order chi connectivity index (χ1) is 18.6. The third-order valence-corrected chi connectivity index (χ3v) is 6.27. The van der Waals surface area contributed by atoms with Crippen LogP contribution in [-0.2, 0) is 19.1 Å². The van der Waals surface area contributed by atoms with Crippen LogP contribution < -0.4 is 32.3 Å². The zero-order valence-electron chi connectivity index (χ0n) is 23.8. The molecule has 3 amide bonds. The second kappa shape index (κ2) is 18.8. The Labute approximate surface area is 231 Å². The van der Waals surface area contributed by atoms with Gasteiger partial charge in [-0.3, -0.25) is 19.4 Å². The molecule has 0 saturated carbocycles. The molecule has 0 aromatic rings. The Bertz CT molecular complexity index is 820. The quantitative estimate of drug-likeness (QED) is 0.0764. The predicted molar refractivity (Wildman–Crippen MR) is 149 cm³/mol. The van der Waals surface area contributed by atoms with Crippen molar-refractivity contribution in [2.45, 2.75) is 63.7 Å². The third-order valence-electron chi connectivity index (χ3n) is 6.27. The number of carbonyl (C=O) groups is 3. The Morgan fingerprint density at radius 1 is 1.21 bits per heavy atom. The highest BCUT2D eigenvalue weighted by Crippen LogP contribution is 2.23. The second-order valence-corrected chi connectivity index (χ2v) is 9.33. The Morgan fingerprint density at radius 3 is 2.41 bits per heavy atom. The van der Waals surface area contributed by atoms with Gasteiger partial charge in [-0.1, -0.05) is 6.08 Å². The van der Waals surface area contributed by atoms with Gasteiger partial charge in [0.05, 0.1) is 18.2 Å². The van der Waals surface area contributed by atoms with Gasteiger partial charge < -0.3 is 52.2 Å². The Kier molecular flexibility index (Phi) is 16.6. The molecule has 0 aromatic carbocycles. The molecule has 0 spiro atoms. The zero-order valence-corrected chi connectivity index (χ0v) is 23.8. The normalized spacial score (nSPS) is 26.4. The van der Waals surface area contributed by atoms with Crippen molar-refractivity contribution in [3.05, 3.63) is 12.2 Å². The van der Waals surface area contributed by atoms with Gasteiger partial charge in [0.1, 0.15) is 18.0 Å². The van der Waals surface area contributed by atoms with E-state index in [0.717, 1.165) is 0 Å².